The molecular formula is C11H11F2N5O. The van der Waals surface area contributed by atoms with Crippen molar-refractivity contribution in [3.63, 3.8) is 0 Å². The minimum absolute atomic E-state index is 0.0995. The summed E-state index contributed by atoms with van der Waals surface area (Å²) in [6.45, 7) is 0.677. The van der Waals surface area contributed by atoms with E-state index < -0.39 is 17.5 Å². The normalized spacial score (nSPS) is 10.4. The molecule has 0 aliphatic rings. The van der Waals surface area contributed by atoms with Gasteiger partial charge in [0.15, 0.2) is 11.6 Å². The molecule has 0 spiro atoms. The molecule has 0 unspecified atom stereocenters. The van der Waals surface area contributed by atoms with E-state index in [-0.39, 0.29) is 17.8 Å². The predicted molar refractivity (Wildman–Crippen MR) is 63.1 cm³/mol. The van der Waals surface area contributed by atoms with Gasteiger partial charge in [-0.3, -0.25) is 9.48 Å². The second-order valence-corrected chi connectivity index (χ2v) is 3.78. The summed E-state index contributed by atoms with van der Waals surface area (Å²) in [6, 6.07) is 1.55. The van der Waals surface area contributed by atoms with Crippen LogP contribution in [0.15, 0.2) is 24.5 Å². The maximum absolute atomic E-state index is 13.0. The van der Waals surface area contributed by atoms with Crippen molar-refractivity contribution < 1.29 is 13.6 Å². The van der Waals surface area contributed by atoms with Crippen molar-refractivity contribution in [2.75, 3.05) is 12.3 Å². The average Bonchev–Trinajstić information content (AvgIpc) is 2.86. The molecule has 0 radical (unpaired) electrons. The number of aromatic nitrogens is 3. The van der Waals surface area contributed by atoms with Crippen LogP contribution in [0.4, 0.5) is 14.5 Å². The van der Waals surface area contributed by atoms with E-state index >= 15 is 0 Å². The van der Waals surface area contributed by atoms with Crippen molar-refractivity contribution >= 4 is 11.6 Å². The number of nitrogens with zero attached hydrogens (tertiary/aromatic N) is 3. The van der Waals surface area contributed by atoms with E-state index in [0.717, 1.165) is 12.1 Å². The predicted octanol–water partition coefficient (Wildman–Crippen LogP) is 0.568. The van der Waals surface area contributed by atoms with Crippen molar-refractivity contribution in [1.29, 1.82) is 0 Å². The monoisotopic (exact) mass is 267 g/mol. The number of nitrogens with two attached hydrogens (primary N) is 1. The van der Waals surface area contributed by atoms with Crippen molar-refractivity contribution in [3.05, 3.63) is 41.7 Å². The number of halogens is 2. The molecule has 2 aromatic rings. The van der Waals surface area contributed by atoms with Crippen LogP contribution < -0.4 is 11.1 Å². The smallest absolute Gasteiger partial charge is 0.253 e. The Labute approximate surface area is 107 Å². The number of anilines is 1. The molecule has 6 nitrogen and oxygen atoms in total. The van der Waals surface area contributed by atoms with Gasteiger partial charge in [-0.1, -0.05) is 5.21 Å². The fraction of sp³-hybridized carbons (Fsp3) is 0.182. The molecule has 0 saturated carbocycles. The Hall–Kier alpha value is -2.51. The minimum Gasteiger partial charge on any atom is -0.398 e. The first-order valence-corrected chi connectivity index (χ1v) is 5.44. The highest BCUT2D eigenvalue weighted by molar-refractivity contribution is 5.99. The van der Waals surface area contributed by atoms with Crippen LogP contribution in [-0.2, 0) is 6.54 Å². The summed E-state index contributed by atoms with van der Waals surface area (Å²) in [5.41, 5.74) is 5.25. The van der Waals surface area contributed by atoms with Crippen LogP contribution in [0, 0.1) is 11.6 Å². The molecule has 8 heteroatoms. The molecule has 0 fully saturated rings. The summed E-state index contributed by atoms with van der Waals surface area (Å²) in [7, 11) is 0. The molecule has 2 rings (SSSR count). The second kappa shape index (κ2) is 5.42. The van der Waals surface area contributed by atoms with Crippen molar-refractivity contribution in [1.82, 2.24) is 20.3 Å². The highest BCUT2D eigenvalue weighted by atomic mass is 19.2. The van der Waals surface area contributed by atoms with Gasteiger partial charge in [0.2, 0.25) is 0 Å². The van der Waals surface area contributed by atoms with E-state index in [1.165, 1.54) is 10.9 Å². The summed E-state index contributed by atoms with van der Waals surface area (Å²) in [6.07, 6.45) is 3.15. The zero-order valence-electron chi connectivity index (χ0n) is 9.81. The Morgan fingerprint density at radius 2 is 2.11 bits per heavy atom. The number of rotatable bonds is 4. The van der Waals surface area contributed by atoms with E-state index in [1.54, 1.807) is 6.20 Å². The summed E-state index contributed by atoms with van der Waals surface area (Å²) < 4.78 is 27.4. The van der Waals surface area contributed by atoms with E-state index in [4.69, 9.17) is 5.73 Å². The highest BCUT2D eigenvalue weighted by Gasteiger charge is 2.13. The first kappa shape index (κ1) is 12.9. The van der Waals surface area contributed by atoms with Gasteiger partial charge >= 0.3 is 0 Å². The number of amides is 1. The zero-order chi connectivity index (χ0) is 13.8. The van der Waals surface area contributed by atoms with Crippen molar-refractivity contribution in [2.24, 2.45) is 0 Å². The van der Waals surface area contributed by atoms with E-state index in [0.29, 0.717) is 6.54 Å². The number of carbonyl (C=O) groups excluding carboxylic acids is 1. The summed E-state index contributed by atoms with van der Waals surface area (Å²) in [5.74, 6) is -2.77. The molecule has 1 aromatic heterocycles. The number of nitrogens with one attached hydrogen (secondary N) is 1. The van der Waals surface area contributed by atoms with Gasteiger partial charge in [0.05, 0.1) is 18.3 Å². The van der Waals surface area contributed by atoms with Crippen LogP contribution in [0.1, 0.15) is 10.4 Å². The number of hydrogen-bond acceptors (Lipinski definition) is 4. The lowest BCUT2D eigenvalue weighted by Gasteiger charge is -2.08. The molecule has 1 amide bonds. The molecule has 0 atom stereocenters. The maximum atomic E-state index is 13.0. The number of nitrogen functional groups attached to an aromatic ring is 1. The lowest BCUT2D eigenvalue weighted by Crippen LogP contribution is -2.28. The van der Waals surface area contributed by atoms with Gasteiger partial charge in [-0.05, 0) is 6.07 Å². The van der Waals surface area contributed by atoms with E-state index in [1.807, 2.05) is 0 Å². The molecule has 0 bridgehead atoms. The lowest BCUT2D eigenvalue weighted by molar-refractivity contribution is 0.0952. The molecule has 100 valence electrons. The van der Waals surface area contributed by atoms with Crippen molar-refractivity contribution in [3.8, 4) is 0 Å². The quantitative estimate of drug-likeness (QED) is 0.793. The number of hydrogen-bond donors (Lipinski definition) is 2. The van der Waals surface area contributed by atoms with E-state index in [2.05, 4.69) is 15.6 Å². The van der Waals surface area contributed by atoms with Gasteiger partial charge in [-0.2, -0.15) is 0 Å². The van der Waals surface area contributed by atoms with Gasteiger partial charge in [-0.15, -0.1) is 5.10 Å². The minimum atomic E-state index is -1.12. The standard InChI is InChI=1S/C11H11F2N5O/c12-8-5-7(10(14)6-9(8)13)11(19)15-1-3-18-4-2-16-17-18/h2,4-6H,1,3,14H2,(H,15,19). The topological polar surface area (TPSA) is 85.8 Å². The van der Waals surface area contributed by atoms with E-state index in [9.17, 15) is 13.6 Å². The SMILES string of the molecule is Nc1cc(F)c(F)cc1C(=O)NCCn1ccnn1. The van der Waals surface area contributed by atoms with Crippen LogP contribution in [-0.4, -0.2) is 27.4 Å². The Morgan fingerprint density at radius 1 is 1.37 bits per heavy atom. The fourth-order valence-corrected chi connectivity index (χ4v) is 1.49. The van der Waals surface area contributed by atoms with Crippen LogP contribution in [0.5, 0.6) is 0 Å². The molecule has 3 N–H and O–H groups in total. The summed E-state index contributed by atoms with van der Waals surface area (Å²) in [5, 5.41) is 9.84. The number of carbonyl (C=O) groups is 1. The molecule has 1 heterocycles. The lowest BCUT2D eigenvalue weighted by atomic mass is 10.1. The largest absolute Gasteiger partial charge is 0.398 e. The third-order valence-electron chi connectivity index (χ3n) is 2.44. The zero-order valence-corrected chi connectivity index (χ0v) is 9.81. The van der Waals surface area contributed by atoms with Crippen LogP contribution in [0.25, 0.3) is 0 Å². The average molecular weight is 267 g/mol. The summed E-state index contributed by atoms with van der Waals surface area (Å²) >= 11 is 0. The van der Waals surface area contributed by atoms with Gasteiger partial charge in [0.1, 0.15) is 0 Å². The Balaban J connectivity index is 1.98. The fourth-order valence-electron chi connectivity index (χ4n) is 1.49. The van der Waals surface area contributed by atoms with Crippen LogP contribution in [0.2, 0.25) is 0 Å². The third-order valence-corrected chi connectivity index (χ3v) is 2.44. The molecule has 0 aliphatic carbocycles. The van der Waals surface area contributed by atoms with Gasteiger partial charge in [0, 0.05) is 24.5 Å². The van der Waals surface area contributed by atoms with Crippen molar-refractivity contribution in [2.45, 2.75) is 6.54 Å². The van der Waals surface area contributed by atoms with Crippen LogP contribution in [0.3, 0.4) is 0 Å². The van der Waals surface area contributed by atoms with Gasteiger partial charge < -0.3 is 11.1 Å². The number of benzene rings is 1. The molecule has 19 heavy (non-hydrogen) atoms. The Kier molecular flexibility index (Phi) is 3.69. The molecule has 0 aliphatic heterocycles. The summed E-state index contributed by atoms with van der Waals surface area (Å²) in [4.78, 5) is 11.7. The Bertz CT molecular complexity index is 585. The molecule has 0 saturated heterocycles. The molecule has 1 aromatic carbocycles. The Morgan fingerprint density at radius 3 is 2.79 bits per heavy atom. The first-order valence-electron chi connectivity index (χ1n) is 5.44. The van der Waals surface area contributed by atoms with Gasteiger partial charge in [0.25, 0.3) is 5.91 Å². The maximum Gasteiger partial charge on any atom is 0.253 e. The highest BCUT2D eigenvalue weighted by Crippen LogP contribution is 2.16. The third kappa shape index (κ3) is 3.03. The van der Waals surface area contributed by atoms with Gasteiger partial charge in [-0.25, -0.2) is 8.78 Å². The van der Waals surface area contributed by atoms with Crippen LogP contribution >= 0.6 is 0 Å². The second-order valence-electron chi connectivity index (χ2n) is 3.78. The molecular weight excluding hydrogens is 256 g/mol. The first-order chi connectivity index (χ1) is 9.08.